The van der Waals surface area contributed by atoms with Crippen LogP contribution in [-0.4, -0.2) is 14.7 Å². The van der Waals surface area contributed by atoms with Gasteiger partial charge >= 0.3 is 0 Å². The summed E-state index contributed by atoms with van der Waals surface area (Å²) in [6.07, 6.45) is 3.61. The highest BCUT2D eigenvalue weighted by Gasteiger charge is 2.14. The van der Waals surface area contributed by atoms with Crippen molar-refractivity contribution in [2.24, 2.45) is 7.05 Å². The van der Waals surface area contributed by atoms with Gasteiger partial charge in [0.05, 0.1) is 6.10 Å². The van der Waals surface area contributed by atoms with Crippen molar-refractivity contribution in [3.63, 3.8) is 0 Å². The van der Waals surface area contributed by atoms with Crippen LogP contribution in [0.1, 0.15) is 23.1 Å². The molecule has 0 aliphatic rings. The molecule has 3 nitrogen and oxygen atoms in total. The number of rotatable bonds is 3. The molecule has 1 heterocycles. The lowest BCUT2D eigenvalue weighted by atomic mass is 10.0. The number of hydrogen-bond donors (Lipinski definition) is 1. The molecular weight excluding hydrogens is 280 g/mol. The van der Waals surface area contributed by atoms with E-state index in [0.717, 1.165) is 21.4 Å². The van der Waals surface area contributed by atoms with Gasteiger partial charge in [0, 0.05) is 30.3 Å². The van der Waals surface area contributed by atoms with Crippen molar-refractivity contribution in [1.82, 2.24) is 9.55 Å². The number of hydrogen-bond acceptors (Lipinski definition) is 2. The molecule has 17 heavy (non-hydrogen) atoms. The van der Waals surface area contributed by atoms with E-state index in [1.54, 1.807) is 6.20 Å². The molecule has 0 radical (unpaired) electrons. The summed E-state index contributed by atoms with van der Waals surface area (Å²) in [6, 6.07) is 5.98. The second kappa shape index (κ2) is 5.02. The SMILES string of the molecule is Cc1ccc(Br)c(C(O)Cc2nccn2C)c1. The first-order valence-electron chi connectivity index (χ1n) is 5.48. The molecule has 0 saturated carbocycles. The van der Waals surface area contributed by atoms with E-state index in [0.29, 0.717) is 6.42 Å². The fraction of sp³-hybridized carbons (Fsp3) is 0.308. The van der Waals surface area contributed by atoms with Gasteiger partial charge in [-0.15, -0.1) is 0 Å². The van der Waals surface area contributed by atoms with Crippen LogP contribution in [0.15, 0.2) is 35.1 Å². The van der Waals surface area contributed by atoms with E-state index in [1.165, 1.54) is 0 Å². The van der Waals surface area contributed by atoms with Crippen LogP contribution in [0.2, 0.25) is 0 Å². The van der Waals surface area contributed by atoms with Gasteiger partial charge in [-0.25, -0.2) is 4.98 Å². The Hall–Kier alpha value is -1.13. The highest BCUT2D eigenvalue weighted by atomic mass is 79.9. The van der Waals surface area contributed by atoms with E-state index in [1.807, 2.05) is 42.9 Å². The minimum Gasteiger partial charge on any atom is -0.388 e. The van der Waals surface area contributed by atoms with E-state index in [4.69, 9.17) is 0 Å². The number of aliphatic hydroxyl groups is 1. The molecule has 2 aromatic rings. The molecule has 0 bridgehead atoms. The highest BCUT2D eigenvalue weighted by molar-refractivity contribution is 9.10. The van der Waals surface area contributed by atoms with Crippen LogP contribution in [-0.2, 0) is 13.5 Å². The van der Waals surface area contributed by atoms with E-state index in [-0.39, 0.29) is 0 Å². The third-order valence-corrected chi connectivity index (χ3v) is 3.53. The summed E-state index contributed by atoms with van der Waals surface area (Å²) in [7, 11) is 1.93. The van der Waals surface area contributed by atoms with Crippen molar-refractivity contribution in [3.05, 3.63) is 52.0 Å². The first-order chi connectivity index (χ1) is 8.08. The van der Waals surface area contributed by atoms with Crippen LogP contribution in [0, 0.1) is 6.92 Å². The fourth-order valence-corrected chi connectivity index (χ4v) is 2.31. The Kier molecular flexibility index (Phi) is 3.64. The first kappa shape index (κ1) is 12.3. The standard InChI is InChI=1S/C13H15BrN2O/c1-9-3-4-11(14)10(7-9)12(17)8-13-15-5-6-16(13)2/h3-7,12,17H,8H2,1-2H3. The minimum absolute atomic E-state index is 0.519. The molecule has 0 amide bonds. The van der Waals surface area contributed by atoms with Gasteiger partial charge in [-0.05, 0) is 18.6 Å². The van der Waals surface area contributed by atoms with Crippen molar-refractivity contribution < 1.29 is 5.11 Å². The normalized spacial score (nSPS) is 12.7. The van der Waals surface area contributed by atoms with Crippen LogP contribution in [0.4, 0.5) is 0 Å². The molecule has 0 spiro atoms. The van der Waals surface area contributed by atoms with Crippen LogP contribution in [0.3, 0.4) is 0 Å². The lowest BCUT2D eigenvalue weighted by molar-refractivity contribution is 0.174. The van der Waals surface area contributed by atoms with Gasteiger partial charge in [0.15, 0.2) is 0 Å². The smallest absolute Gasteiger partial charge is 0.111 e. The maximum atomic E-state index is 10.2. The summed E-state index contributed by atoms with van der Waals surface area (Å²) in [4.78, 5) is 4.22. The maximum Gasteiger partial charge on any atom is 0.111 e. The van der Waals surface area contributed by atoms with Crippen LogP contribution < -0.4 is 0 Å². The molecule has 1 N–H and O–H groups in total. The number of aromatic nitrogens is 2. The van der Waals surface area contributed by atoms with Crippen molar-refractivity contribution in [3.8, 4) is 0 Å². The lowest BCUT2D eigenvalue weighted by Gasteiger charge is -2.13. The number of aliphatic hydroxyl groups excluding tert-OH is 1. The third kappa shape index (κ3) is 2.76. The Morgan fingerprint density at radius 1 is 1.47 bits per heavy atom. The lowest BCUT2D eigenvalue weighted by Crippen LogP contribution is -2.07. The third-order valence-electron chi connectivity index (χ3n) is 2.81. The Morgan fingerprint density at radius 2 is 2.24 bits per heavy atom. The predicted molar refractivity (Wildman–Crippen MR) is 70.8 cm³/mol. The van der Waals surface area contributed by atoms with Gasteiger partial charge in [0.25, 0.3) is 0 Å². The Morgan fingerprint density at radius 3 is 2.88 bits per heavy atom. The summed E-state index contributed by atoms with van der Waals surface area (Å²) in [6.45, 7) is 2.02. The topological polar surface area (TPSA) is 38.1 Å². The molecule has 0 aliphatic heterocycles. The Labute approximate surface area is 109 Å². The van der Waals surface area contributed by atoms with E-state index < -0.39 is 6.10 Å². The minimum atomic E-state index is -0.537. The second-order valence-corrected chi connectivity index (χ2v) is 5.05. The summed E-state index contributed by atoms with van der Waals surface area (Å²) in [5, 5.41) is 10.2. The summed E-state index contributed by atoms with van der Waals surface area (Å²) < 4.78 is 2.86. The monoisotopic (exact) mass is 294 g/mol. The van der Waals surface area contributed by atoms with E-state index in [2.05, 4.69) is 20.9 Å². The molecule has 0 aliphatic carbocycles. The van der Waals surface area contributed by atoms with Gasteiger partial charge < -0.3 is 9.67 Å². The molecule has 1 aromatic carbocycles. The van der Waals surface area contributed by atoms with Crippen molar-refractivity contribution in [2.75, 3.05) is 0 Å². The van der Waals surface area contributed by atoms with Gasteiger partial charge in [-0.1, -0.05) is 33.6 Å². The van der Waals surface area contributed by atoms with Crippen molar-refractivity contribution in [1.29, 1.82) is 0 Å². The van der Waals surface area contributed by atoms with Gasteiger partial charge in [-0.3, -0.25) is 0 Å². The van der Waals surface area contributed by atoms with Crippen LogP contribution in [0.5, 0.6) is 0 Å². The average molecular weight is 295 g/mol. The zero-order valence-electron chi connectivity index (χ0n) is 9.89. The van der Waals surface area contributed by atoms with Gasteiger partial charge in [0.2, 0.25) is 0 Å². The Bertz CT molecular complexity index is 522. The first-order valence-corrected chi connectivity index (χ1v) is 6.27. The molecule has 4 heteroatoms. The van der Waals surface area contributed by atoms with Gasteiger partial charge in [0.1, 0.15) is 5.82 Å². The summed E-state index contributed by atoms with van der Waals surface area (Å²) in [5.41, 5.74) is 2.05. The number of benzene rings is 1. The van der Waals surface area contributed by atoms with Crippen LogP contribution >= 0.6 is 15.9 Å². The molecule has 1 unspecified atom stereocenters. The maximum absolute atomic E-state index is 10.2. The second-order valence-electron chi connectivity index (χ2n) is 4.20. The zero-order valence-corrected chi connectivity index (χ0v) is 11.5. The van der Waals surface area contributed by atoms with E-state index in [9.17, 15) is 5.11 Å². The molecule has 90 valence electrons. The molecule has 2 rings (SSSR count). The molecule has 0 saturated heterocycles. The quantitative estimate of drug-likeness (QED) is 0.945. The molecule has 0 fully saturated rings. The average Bonchev–Trinajstić information content (AvgIpc) is 2.68. The zero-order chi connectivity index (χ0) is 12.4. The number of nitrogens with zero attached hydrogens (tertiary/aromatic N) is 2. The molecule has 1 atom stereocenters. The van der Waals surface area contributed by atoms with Crippen LogP contribution in [0.25, 0.3) is 0 Å². The van der Waals surface area contributed by atoms with Gasteiger partial charge in [-0.2, -0.15) is 0 Å². The largest absolute Gasteiger partial charge is 0.388 e. The van der Waals surface area contributed by atoms with Crippen molar-refractivity contribution >= 4 is 15.9 Å². The number of halogens is 1. The fourth-order valence-electron chi connectivity index (χ4n) is 1.79. The Balaban J connectivity index is 2.23. The molecule has 1 aromatic heterocycles. The highest BCUT2D eigenvalue weighted by Crippen LogP contribution is 2.26. The number of imidazole rings is 1. The molecular formula is C13H15BrN2O. The summed E-state index contributed by atoms with van der Waals surface area (Å²) in [5.74, 6) is 0.880. The summed E-state index contributed by atoms with van der Waals surface area (Å²) >= 11 is 3.47. The van der Waals surface area contributed by atoms with E-state index >= 15 is 0 Å². The predicted octanol–water partition coefficient (Wildman–Crippen LogP) is 2.77. The van der Waals surface area contributed by atoms with Crippen molar-refractivity contribution in [2.45, 2.75) is 19.4 Å². The number of aryl methyl sites for hydroxylation is 2.